The van der Waals surface area contributed by atoms with Crippen LogP contribution in [0, 0.1) is 0 Å². The summed E-state index contributed by atoms with van der Waals surface area (Å²) in [7, 11) is 0. The number of amides is 1. The molecule has 13 heavy (non-hydrogen) atoms. The second-order valence-electron chi connectivity index (χ2n) is 2.91. The van der Waals surface area contributed by atoms with Gasteiger partial charge in [-0.05, 0) is 12.8 Å². The Morgan fingerprint density at radius 2 is 2.46 bits per heavy atom. The third kappa shape index (κ3) is 2.69. The molecule has 0 aliphatic carbocycles. The zero-order valence-electron chi connectivity index (χ0n) is 7.46. The second kappa shape index (κ2) is 4.60. The Morgan fingerprint density at radius 1 is 1.77 bits per heavy atom. The van der Waals surface area contributed by atoms with Crippen molar-refractivity contribution in [3.63, 3.8) is 0 Å². The summed E-state index contributed by atoms with van der Waals surface area (Å²) in [5.41, 5.74) is 0. The summed E-state index contributed by atoms with van der Waals surface area (Å²) in [6, 6.07) is 0. The fourth-order valence-corrected chi connectivity index (χ4v) is 1.52. The van der Waals surface area contributed by atoms with Gasteiger partial charge in [-0.1, -0.05) is 22.9 Å². The van der Waals surface area contributed by atoms with Crippen LogP contribution in [0.3, 0.4) is 0 Å². The average Bonchev–Trinajstić information content (AvgIpc) is 2.37. The topological polar surface area (TPSA) is 46.6 Å². The third-order valence-corrected chi connectivity index (χ3v) is 2.62. The van der Waals surface area contributed by atoms with Gasteiger partial charge in [0.25, 0.3) is 5.91 Å². The smallest absolute Gasteiger partial charge is 0.332 e. The summed E-state index contributed by atoms with van der Waals surface area (Å²) in [5, 5.41) is 1.14. The Hall–Kier alpha value is -0.580. The van der Waals surface area contributed by atoms with Crippen LogP contribution in [0.15, 0.2) is 0 Å². The van der Waals surface area contributed by atoms with Gasteiger partial charge in [-0.2, -0.15) is 5.06 Å². The highest BCUT2D eigenvalue weighted by Gasteiger charge is 2.32. The fraction of sp³-hybridized carbons (Fsp3) is 0.750. The number of nitrogens with zero attached hydrogens (tertiary/aromatic N) is 1. The summed E-state index contributed by atoms with van der Waals surface area (Å²) in [6.45, 7) is 2.38. The van der Waals surface area contributed by atoms with Crippen molar-refractivity contribution in [2.24, 2.45) is 0 Å². The molecular weight excluding hydrogens is 238 g/mol. The van der Waals surface area contributed by atoms with Crippen LogP contribution in [0.4, 0.5) is 0 Å². The lowest BCUT2D eigenvalue weighted by molar-refractivity contribution is -0.192. The van der Waals surface area contributed by atoms with E-state index in [1.165, 1.54) is 0 Å². The van der Waals surface area contributed by atoms with E-state index in [2.05, 4.69) is 15.9 Å². The number of carbonyl (C=O) groups is 2. The minimum absolute atomic E-state index is 0.163. The largest absolute Gasteiger partial charge is 0.338 e. The molecule has 1 rings (SSSR count). The highest BCUT2D eigenvalue weighted by atomic mass is 79.9. The van der Waals surface area contributed by atoms with Gasteiger partial charge in [-0.25, -0.2) is 4.79 Å². The number of halogens is 1. The van der Waals surface area contributed by atoms with Crippen molar-refractivity contribution in [3.05, 3.63) is 0 Å². The molecule has 1 aliphatic heterocycles. The van der Waals surface area contributed by atoms with E-state index in [9.17, 15) is 9.59 Å². The molecule has 0 radical (unpaired) electrons. The van der Waals surface area contributed by atoms with Gasteiger partial charge in [0.05, 0.1) is 11.4 Å². The highest BCUT2D eigenvalue weighted by Crippen LogP contribution is 2.18. The molecule has 0 bridgehead atoms. The monoisotopic (exact) mass is 249 g/mol. The van der Waals surface area contributed by atoms with Gasteiger partial charge in [0.1, 0.15) is 0 Å². The predicted octanol–water partition coefficient (Wildman–Crippen LogP) is 1.24. The van der Waals surface area contributed by atoms with Crippen LogP contribution in [0.5, 0.6) is 0 Å². The second-order valence-corrected chi connectivity index (χ2v) is 4.02. The minimum atomic E-state index is -0.336. The Balaban J connectivity index is 2.38. The van der Waals surface area contributed by atoms with Crippen LogP contribution in [0.2, 0.25) is 0 Å². The molecule has 1 heterocycles. The molecule has 1 saturated heterocycles. The highest BCUT2D eigenvalue weighted by molar-refractivity contribution is 9.10. The molecular formula is C8H12BrNO3. The van der Waals surface area contributed by atoms with E-state index in [-0.39, 0.29) is 16.7 Å². The molecule has 0 spiro atoms. The van der Waals surface area contributed by atoms with Crippen molar-refractivity contribution in [1.29, 1.82) is 0 Å². The molecule has 1 unspecified atom stereocenters. The molecule has 1 fully saturated rings. The van der Waals surface area contributed by atoms with E-state index < -0.39 is 0 Å². The van der Waals surface area contributed by atoms with E-state index in [1.807, 2.05) is 6.92 Å². The molecule has 1 atom stereocenters. The van der Waals surface area contributed by atoms with E-state index >= 15 is 0 Å². The van der Waals surface area contributed by atoms with Crippen LogP contribution in [0.1, 0.15) is 26.2 Å². The zero-order chi connectivity index (χ0) is 9.84. The number of alkyl halides is 1. The van der Waals surface area contributed by atoms with Crippen LogP contribution in [0.25, 0.3) is 0 Å². The first-order valence-electron chi connectivity index (χ1n) is 4.31. The van der Waals surface area contributed by atoms with Crippen LogP contribution >= 0.6 is 15.9 Å². The lowest BCUT2D eigenvalue weighted by atomic mass is 10.3. The van der Waals surface area contributed by atoms with Crippen molar-refractivity contribution in [2.75, 3.05) is 6.54 Å². The number of rotatable bonds is 3. The molecule has 1 amide bonds. The molecule has 5 heteroatoms. The maximum Gasteiger partial charge on any atom is 0.332 e. The normalized spacial score (nSPS) is 22.2. The molecule has 1 aliphatic rings. The first kappa shape index (κ1) is 10.5. The Labute approximate surface area is 85.3 Å². The van der Waals surface area contributed by atoms with Crippen LogP contribution in [-0.2, 0) is 14.4 Å². The molecule has 0 aromatic rings. The Kier molecular flexibility index (Phi) is 3.71. The van der Waals surface area contributed by atoms with Crippen molar-refractivity contribution in [1.82, 2.24) is 5.06 Å². The fourth-order valence-electron chi connectivity index (χ4n) is 1.08. The Bertz CT molecular complexity index is 219. The quantitative estimate of drug-likeness (QED) is 0.708. The van der Waals surface area contributed by atoms with Gasteiger partial charge in [0, 0.05) is 6.42 Å². The first-order valence-corrected chi connectivity index (χ1v) is 5.23. The van der Waals surface area contributed by atoms with Crippen molar-refractivity contribution in [3.8, 4) is 0 Å². The zero-order valence-corrected chi connectivity index (χ0v) is 9.04. The average molecular weight is 250 g/mol. The first-order chi connectivity index (χ1) is 6.15. The number of hydroxylamine groups is 2. The number of carbonyl (C=O) groups excluding carboxylic acids is 2. The van der Waals surface area contributed by atoms with Crippen LogP contribution in [-0.4, -0.2) is 28.3 Å². The Morgan fingerprint density at radius 3 is 2.92 bits per heavy atom. The van der Waals surface area contributed by atoms with Gasteiger partial charge in [-0.15, -0.1) is 0 Å². The summed E-state index contributed by atoms with van der Waals surface area (Å²) >= 11 is 3.19. The SMILES string of the molecule is CCCC(=O)ON1CCC(Br)C1=O. The van der Waals surface area contributed by atoms with Gasteiger partial charge >= 0.3 is 5.97 Å². The molecule has 0 aromatic heterocycles. The van der Waals surface area contributed by atoms with Gasteiger partial charge in [-0.3, -0.25) is 4.79 Å². The summed E-state index contributed by atoms with van der Waals surface area (Å²) in [4.78, 5) is 26.9. The summed E-state index contributed by atoms with van der Waals surface area (Å²) < 4.78 is 0. The van der Waals surface area contributed by atoms with Crippen molar-refractivity contribution in [2.45, 2.75) is 31.0 Å². The lowest BCUT2D eigenvalue weighted by Gasteiger charge is -2.14. The standard InChI is InChI=1S/C8H12BrNO3/c1-2-3-7(11)13-10-5-4-6(9)8(10)12/h6H,2-5H2,1H3. The van der Waals surface area contributed by atoms with E-state index in [1.54, 1.807) is 0 Å². The van der Waals surface area contributed by atoms with Crippen LogP contribution < -0.4 is 0 Å². The van der Waals surface area contributed by atoms with Crippen molar-refractivity contribution < 1.29 is 14.4 Å². The third-order valence-electron chi connectivity index (χ3n) is 1.77. The van der Waals surface area contributed by atoms with E-state index in [4.69, 9.17) is 4.84 Å². The molecule has 0 aromatic carbocycles. The maximum atomic E-state index is 11.2. The molecule has 0 N–H and O–H groups in total. The summed E-state index contributed by atoms with van der Waals surface area (Å²) in [6.07, 6.45) is 1.79. The van der Waals surface area contributed by atoms with Crippen molar-refractivity contribution >= 4 is 27.8 Å². The number of hydrogen-bond donors (Lipinski definition) is 0. The number of hydrogen-bond acceptors (Lipinski definition) is 3. The van der Waals surface area contributed by atoms with Gasteiger partial charge < -0.3 is 4.84 Å². The van der Waals surface area contributed by atoms with Gasteiger partial charge in [0.2, 0.25) is 0 Å². The van der Waals surface area contributed by atoms with E-state index in [0.717, 1.165) is 11.5 Å². The lowest BCUT2D eigenvalue weighted by Crippen LogP contribution is -2.30. The minimum Gasteiger partial charge on any atom is -0.338 e. The maximum absolute atomic E-state index is 11.2. The molecule has 74 valence electrons. The summed E-state index contributed by atoms with van der Waals surface area (Å²) in [5.74, 6) is -0.498. The molecule has 0 saturated carbocycles. The van der Waals surface area contributed by atoms with Gasteiger partial charge in [0.15, 0.2) is 0 Å². The predicted molar refractivity (Wildman–Crippen MR) is 50.0 cm³/mol. The van der Waals surface area contributed by atoms with E-state index in [0.29, 0.717) is 19.4 Å². The molecule has 4 nitrogen and oxygen atoms in total.